The van der Waals surface area contributed by atoms with Crippen LogP contribution in [0.4, 0.5) is 0 Å². The average molecular weight is 591 g/mol. The Bertz CT molecular complexity index is 1290. The van der Waals surface area contributed by atoms with E-state index in [0.29, 0.717) is 22.6 Å². The van der Waals surface area contributed by atoms with Crippen LogP contribution in [0.15, 0.2) is 48.1 Å². The quantitative estimate of drug-likeness (QED) is 0.239. The molecule has 0 bridgehead atoms. The minimum absolute atomic E-state index is 0.00854. The molecule has 13 heteroatoms. The number of esters is 1. The van der Waals surface area contributed by atoms with Gasteiger partial charge in [0.1, 0.15) is 24.4 Å². The topological polar surface area (TPSA) is 161 Å². The van der Waals surface area contributed by atoms with E-state index in [4.69, 9.17) is 42.6 Å². The van der Waals surface area contributed by atoms with E-state index in [1.54, 1.807) is 25.1 Å². The molecule has 0 spiro atoms. The molecule has 0 amide bonds. The molecule has 3 fully saturated rings. The third-order valence-corrected chi connectivity index (χ3v) is 8.36. The molecule has 13 nitrogen and oxygen atoms in total. The number of fused-ring (bicyclic) bond motifs is 4. The van der Waals surface area contributed by atoms with Gasteiger partial charge in [-0.1, -0.05) is 12.7 Å². The fourth-order valence-electron chi connectivity index (χ4n) is 6.20. The summed E-state index contributed by atoms with van der Waals surface area (Å²) in [5.74, 6) is -1.40. The van der Waals surface area contributed by atoms with E-state index in [2.05, 4.69) is 6.58 Å². The Morgan fingerprint density at radius 2 is 1.76 bits per heavy atom. The lowest BCUT2D eigenvalue weighted by Crippen LogP contribution is -2.63. The first-order chi connectivity index (χ1) is 20.2. The number of allylic oxidation sites excluding steroid dienone is 2. The highest BCUT2D eigenvalue weighted by Crippen LogP contribution is 2.54. The van der Waals surface area contributed by atoms with Gasteiger partial charge in [0.05, 0.1) is 39.5 Å². The normalized spacial score (nSPS) is 37.3. The summed E-state index contributed by atoms with van der Waals surface area (Å²) in [6, 6.07) is 3.56. The van der Waals surface area contributed by atoms with Gasteiger partial charge in [-0.15, -0.1) is 0 Å². The van der Waals surface area contributed by atoms with Crippen molar-refractivity contribution in [2.24, 2.45) is 11.8 Å². The van der Waals surface area contributed by atoms with Crippen LogP contribution in [0.1, 0.15) is 30.1 Å². The minimum atomic E-state index is -1.44. The lowest BCUT2D eigenvalue weighted by Gasteiger charge is -2.47. The molecular formula is C29H34O13. The van der Waals surface area contributed by atoms with Crippen LogP contribution in [0, 0.1) is 11.8 Å². The Labute approximate surface area is 241 Å². The van der Waals surface area contributed by atoms with Crippen molar-refractivity contribution in [2.45, 2.75) is 55.9 Å². The number of carbonyl (C=O) groups is 1. The van der Waals surface area contributed by atoms with Crippen LogP contribution < -0.4 is 9.47 Å². The molecule has 4 aliphatic heterocycles. The summed E-state index contributed by atoms with van der Waals surface area (Å²) in [5, 5.41) is 32.4. The Morgan fingerprint density at radius 3 is 2.48 bits per heavy atom. The molecule has 0 radical (unpaired) electrons. The van der Waals surface area contributed by atoms with E-state index < -0.39 is 66.8 Å². The van der Waals surface area contributed by atoms with E-state index in [-0.39, 0.29) is 37.3 Å². The molecule has 1 aromatic rings. The number of carbonyl (C=O) groups excluding carboxylic acids is 1. The largest absolute Gasteiger partial charge is 0.502 e. The molecule has 5 aliphatic rings. The molecule has 3 N–H and O–H groups in total. The number of hydrogen-bond donors (Lipinski definition) is 3. The number of aliphatic hydroxyl groups is 3. The number of methoxy groups -OCH3 is 2. The summed E-state index contributed by atoms with van der Waals surface area (Å²) >= 11 is 0. The maximum atomic E-state index is 13.2. The molecule has 0 saturated carbocycles. The van der Waals surface area contributed by atoms with Crippen molar-refractivity contribution in [3.63, 3.8) is 0 Å². The van der Waals surface area contributed by atoms with Gasteiger partial charge in [-0.3, -0.25) is 4.79 Å². The van der Waals surface area contributed by atoms with E-state index >= 15 is 0 Å². The summed E-state index contributed by atoms with van der Waals surface area (Å²) < 4.78 is 50.8. The molecule has 6 rings (SSSR count). The number of hydrogen-bond acceptors (Lipinski definition) is 13. The Balaban J connectivity index is 1.38. The maximum absolute atomic E-state index is 13.2. The summed E-state index contributed by atoms with van der Waals surface area (Å²) in [4.78, 5) is 13.2. The first-order valence-electron chi connectivity index (χ1n) is 13.6. The predicted molar refractivity (Wildman–Crippen MR) is 140 cm³/mol. The molecule has 0 unspecified atom stereocenters. The van der Waals surface area contributed by atoms with Gasteiger partial charge < -0.3 is 58.0 Å². The van der Waals surface area contributed by atoms with Crippen LogP contribution in [-0.4, -0.2) is 92.5 Å². The predicted octanol–water partition coefficient (Wildman–Crippen LogP) is 1.70. The van der Waals surface area contributed by atoms with Crippen molar-refractivity contribution in [3.8, 4) is 11.5 Å². The molecule has 3 saturated heterocycles. The van der Waals surface area contributed by atoms with Crippen LogP contribution in [0.3, 0.4) is 0 Å². The van der Waals surface area contributed by atoms with Crippen LogP contribution >= 0.6 is 0 Å². The van der Waals surface area contributed by atoms with Crippen LogP contribution in [0.25, 0.3) is 0 Å². The second-order valence-electron chi connectivity index (χ2n) is 10.7. The van der Waals surface area contributed by atoms with Gasteiger partial charge in [0.15, 0.2) is 41.4 Å². The first-order valence-corrected chi connectivity index (χ1v) is 13.6. The zero-order valence-electron chi connectivity index (χ0n) is 23.3. The summed E-state index contributed by atoms with van der Waals surface area (Å²) in [7, 11) is 2.76. The molecule has 228 valence electrons. The van der Waals surface area contributed by atoms with Gasteiger partial charge in [0.2, 0.25) is 6.79 Å². The summed E-state index contributed by atoms with van der Waals surface area (Å²) in [6.45, 7) is 5.57. The molecular weight excluding hydrogens is 556 g/mol. The fourth-order valence-corrected chi connectivity index (χ4v) is 6.20. The third kappa shape index (κ3) is 4.89. The van der Waals surface area contributed by atoms with Crippen molar-refractivity contribution < 1.29 is 62.7 Å². The Morgan fingerprint density at radius 1 is 1.02 bits per heavy atom. The van der Waals surface area contributed by atoms with Crippen molar-refractivity contribution in [2.75, 3.05) is 34.2 Å². The van der Waals surface area contributed by atoms with Gasteiger partial charge in [-0.05, 0) is 36.3 Å². The van der Waals surface area contributed by atoms with Gasteiger partial charge in [0, 0.05) is 11.8 Å². The SMILES string of the molecule is C=C(OC)/C(O)=C(\C=C\[C@@H]1c2cc3c(cc2[C@@H](O[C@@H]2O[C@H]4CO[C@@H](C)O[C@H]4[C@H](O)[C@H]2O)[C@H]2COC(=O)[C@@H]21)OCO3)OC. The lowest BCUT2D eigenvalue weighted by molar-refractivity contribution is -0.364. The van der Waals surface area contributed by atoms with E-state index in [0.717, 1.165) is 0 Å². The highest BCUT2D eigenvalue weighted by Gasteiger charge is 2.55. The zero-order chi connectivity index (χ0) is 29.7. The van der Waals surface area contributed by atoms with Crippen molar-refractivity contribution in [3.05, 3.63) is 59.3 Å². The first kappa shape index (κ1) is 28.8. The monoisotopic (exact) mass is 590 g/mol. The molecule has 10 atom stereocenters. The Kier molecular flexibility index (Phi) is 7.81. The van der Waals surface area contributed by atoms with Gasteiger partial charge in [-0.25, -0.2) is 0 Å². The van der Waals surface area contributed by atoms with Crippen molar-refractivity contribution in [1.29, 1.82) is 0 Å². The fraction of sp³-hybridized carbons (Fsp3) is 0.552. The number of rotatable bonds is 7. The molecule has 0 aromatic heterocycles. The highest BCUT2D eigenvalue weighted by molar-refractivity contribution is 5.78. The van der Waals surface area contributed by atoms with E-state index in [1.807, 2.05) is 0 Å². The molecule has 1 aromatic carbocycles. The number of ether oxygens (including phenoxy) is 9. The minimum Gasteiger partial charge on any atom is -0.502 e. The van der Waals surface area contributed by atoms with E-state index in [9.17, 15) is 20.1 Å². The molecule has 1 aliphatic carbocycles. The number of cyclic esters (lactones) is 1. The summed E-state index contributed by atoms with van der Waals surface area (Å²) in [6.07, 6.45) is -3.52. The van der Waals surface area contributed by atoms with Gasteiger partial charge in [-0.2, -0.15) is 0 Å². The second-order valence-corrected chi connectivity index (χ2v) is 10.7. The average Bonchev–Trinajstić information content (AvgIpc) is 3.61. The van der Waals surface area contributed by atoms with Crippen LogP contribution in [-0.2, 0) is 38.0 Å². The third-order valence-electron chi connectivity index (χ3n) is 8.36. The van der Waals surface area contributed by atoms with Gasteiger partial charge in [0.25, 0.3) is 0 Å². The van der Waals surface area contributed by atoms with Gasteiger partial charge >= 0.3 is 5.97 Å². The number of benzene rings is 1. The lowest BCUT2D eigenvalue weighted by atomic mass is 9.68. The van der Waals surface area contributed by atoms with Crippen LogP contribution in [0.2, 0.25) is 0 Å². The molecule has 42 heavy (non-hydrogen) atoms. The van der Waals surface area contributed by atoms with Crippen LogP contribution in [0.5, 0.6) is 11.5 Å². The summed E-state index contributed by atoms with van der Waals surface area (Å²) in [5.41, 5.74) is 1.35. The second kappa shape index (κ2) is 11.4. The smallest absolute Gasteiger partial charge is 0.310 e. The van der Waals surface area contributed by atoms with Crippen molar-refractivity contribution in [1.82, 2.24) is 0 Å². The Hall–Kier alpha value is -3.33. The van der Waals surface area contributed by atoms with E-state index in [1.165, 1.54) is 20.3 Å². The van der Waals surface area contributed by atoms with Crippen molar-refractivity contribution >= 4 is 5.97 Å². The molecule has 4 heterocycles. The number of aliphatic hydroxyl groups excluding tert-OH is 3. The maximum Gasteiger partial charge on any atom is 0.310 e. The highest BCUT2D eigenvalue weighted by atomic mass is 16.8. The zero-order valence-corrected chi connectivity index (χ0v) is 23.3. The standard InChI is InChI=1S/C29H34O13/c1-12(34-3)23(30)18(35-4)6-5-14-15-7-19-20(39-11-38-19)8-16(15)26(17-9-37-28(33)22(14)17)42-29-25(32)24(31)27-21(41-29)10-36-13(2)40-27/h5-8,13-14,17,21-22,24-27,29-32H,1,9-11H2,2-4H3/b6-5+,23-18-/t13-,14-,17+,21+,22-,24-,25-,26-,27-,29+/m1/s1.